The van der Waals surface area contributed by atoms with Gasteiger partial charge in [0.15, 0.2) is 11.3 Å². The number of hydrogen-bond acceptors (Lipinski definition) is 7. The molecule has 19 heavy (non-hydrogen) atoms. The van der Waals surface area contributed by atoms with Gasteiger partial charge in [-0.2, -0.15) is 0 Å². The third-order valence-corrected chi connectivity index (χ3v) is 2.25. The molecule has 0 bridgehead atoms. The topological polar surface area (TPSA) is 106 Å². The number of aromatic amines is 1. The third kappa shape index (κ3) is 2.46. The highest BCUT2D eigenvalue weighted by molar-refractivity contribution is 5.67. The van der Waals surface area contributed by atoms with Crippen molar-refractivity contribution in [3.8, 4) is 0 Å². The zero-order valence-corrected chi connectivity index (χ0v) is 9.67. The summed E-state index contributed by atoms with van der Waals surface area (Å²) in [6.07, 6.45) is 11.1. The number of hydrogen-bond donors (Lipinski definition) is 1. The lowest BCUT2D eigenvalue weighted by molar-refractivity contribution is 1.15. The number of H-pyrrole nitrogens is 1. The molecule has 0 saturated heterocycles. The normalized spacial score (nSPS) is 10.1. The van der Waals surface area contributed by atoms with Crippen LogP contribution in [0.25, 0.3) is 22.3 Å². The van der Waals surface area contributed by atoms with Crippen LogP contribution < -0.4 is 0 Å². The molecule has 4 rings (SSSR count). The Morgan fingerprint density at radius 1 is 0.737 bits per heavy atom. The van der Waals surface area contributed by atoms with E-state index in [0.717, 1.165) is 11.0 Å². The summed E-state index contributed by atoms with van der Waals surface area (Å²) in [6, 6.07) is 0. The zero-order chi connectivity index (χ0) is 12.9. The van der Waals surface area contributed by atoms with Crippen molar-refractivity contribution < 1.29 is 0 Å². The number of aromatic nitrogens is 8. The first-order valence-electron chi connectivity index (χ1n) is 5.39. The maximum absolute atomic E-state index is 3.99. The van der Waals surface area contributed by atoms with Gasteiger partial charge in [0.1, 0.15) is 23.7 Å². The number of nitrogens with one attached hydrogen (secondary N) is 1. The molecule has 8 heteroatoms. The Hall–Kier alpha value is -3.03. The molecule has 4 heterocycles. The minimum Gasteiger partial charge on any atom is -0.342 e. The molecule has 4 aromatic rings. The van der Waals surface area contributed by atoms with Gasteiger partial charge in [0, 0.05) is 12.4 Å². The van der Waals surface area contributed by atoms with Gasteiger partial charge in [0.05, 0.1) is 18.7 Å². The fourth-order valence-electron chi connectivity index (χ4n) is 1.41. The lowest BCUT2D eigenvalue weighted by atomic mass is 10.5. The van der Waals surface area contributed by atoms with E-state index in [9.17, 15) is 0 Å². The molecule has 0 saturated carbocycles. The highest BCUT2D eigenvalue weighted by Gasteiger charge is 1.91. The summed E-state index contributed by atoms with van der Waals surface area (Å²) >= 11 is 0. The molecular formula is C11H8N8. The van der Waals surface area contributed by atoms with E-state index >= 15 is 0 Å². The molecule has 0 unspecified atom stereocenters. The summed E-state index contributed by atoms with van der Waals surface area (Å²) in [5.41, 5.74) is 2.95. The number of imidazole rings is 1. The van der Waals surface area contributed by atoms with Gasteiger partial charge in [-0.3, -0.25) is 0 Å². The van der Waals surface area contributed by atoms with Crippen LogP contribution in [0.3, 0.4) is 0 Å². The van der Waals surface area contributed by atoms with Crippen molar-refractivity contribution in [3.63, 3.8) is 0 Å². The molecule has 0 amide bonds. The molecule has 0 aliphatic heterocycles. The smallest absolute Gasteiger partial charge is 0.181 e. The van der Waals surface area contributed by atoms with Crippen molar-refractivity contribution in [2.24, 2.45) is 0 Å². The van der Waals surface area contributed by atoms with Gasteiger partial charge in [-0.05, 0) is 0 Å². The summed E-state index contributed by atoms with van der Waals surface area (Å²) in [7, 11) is 0. The van der Waals surface area contributed by atoms with E-state index < -0.39 is 0 Å². The van der Waals surface area contributed by atoms with Gasteiger partial charge in [0.25, 0.3) is 0 Å². The molecule has 0 aliphatic rings. The lowest BCUT2D eigenvalue weighted by Crippen LogP contribution is -1.85. The highest BCUT2D eigenvalue weighted by Crippen LogP contribution is 1.99. The average Bonchev–Trinajstić information content (AvgIpc) is 2.96. The van der Waals surface area contributed by atoms with Crippen LogP contribution in [0.1, 0.15) is 0 Å². The van der Waals surface area contributed by atoms with Crippen LogP contribution in [0.5, 0.6) is 0 Å². The molecule has 1 N–H and O–H groups in total. The van der Waals surface area contributed by atoms with Gasteiger partial charge in [-0.15, -0.1) is 0 Å². The first-order valence-corrected chi connectivity index (χ1v) is 5.39. The van der Waals surface area contributed by atoms with E-state index in [2.05, 4.69) is 39.9 Å². The Labute approximate surface area is 107 Å². The minimum absolute atomic E-state index is 0.637. The first kappa shape index (κ1) is 11.1. The SMILES string of the molecule is c1cnc2ncncc2n1.c1ncc2[nH]cnc2n1. The van der Waals surface area contributed by atoms with Gasteiger partial charge in [0.2, 0.25) is 0 Å². The monoisotopic (exact) mass is 252 g/mol. The summed E-state index contributed by atoms with van der Waals surface area (Å²) in [6.45, 7) is 0. The van der Waals surface area contributed by atoms with Gasteiger partial charge in [-0.1, -0.05) is 0 Å². The number of nitrogens with zero attached hydrogens (tertiary/aromatic N) is 7. The maximum Gasteiger partial charge on any atom is 0.181 e. The molecule has 0 radical (unpaired) electrons. The van der Waals surface area contributed by atoms with Gasteiger partial charge in [-0.25, -0.2) is 34.9 Å². The molecule has 0 spiro atoms. The predicted molar refractivity (Wildman–Crippen MR) is 66.8 cm³/mol. The Kier molecular flexibility index (Phi) is 2.97. The first-order chi connectivity index (χ1) is 9.43. The second-order valence-corrected chi connectivity index (χ2v) is 3.45. The summed E-state index contributed by atoms with van der Waals surface area (Å²) in [5, 5.41) is 0. The van der Waals surface area contributed by atoms with E-state index in [1.54, 1.807) is 31.1 Å². The molecule has 8 nitrogen and oxygen atoms in total. The Morgan fingerprint density at radius 2 is 1.53 bits per heavy atom. The molecule has 4 aromatic heterocycles. The Morgan fingerprint density at radius 3 is 2.37 bits per heavy atom. The quantitative estimate of drug-likeness (QED) is 0.492. The third-order valence-electron chi connectivity index (χ3n) is 2.25. The maximum atomic E-state index is 3.99. The number of rotatable bonds is 0. The van der Waals surface area contributed by atoms with Crippen LogP contribution in [-0.4, -0.2) is 39.9 Å². The van der Waals surface area contributed by atoms with Crippen molar-refractivity contribution in [2.45, 2.75) is 0 Å². The van der Waals surface area contributed by atoms with E-state index in [1.165, 1.54) is 12.7 Å². The van der Waals surface area contributed by atoms with Gasteiger partial charge >= 0.3 is 0 Å². The van der Waals surface area contributed by atoms with Crippen LogP contribution in [0, 0.1) is 0 Å². The van der Waals surface area contributed by atoms with Crippen molar-refractivity contribution in [1.82, 2.24) is 39.9 Å². The highest BCUT2D eigenvalue weighted by atomic mass is 15.0. The van der Waals surface area contributed by atoms with Crippen molar-refractivity contribution >= 4 is 22.3 Å². The average molecular weight is 252 g/mol. The minimum atomic E-state index is 0.637. The summed E-state index contributed by atoms with van der Waals surface area (Å²) in [4.78, 5) is 30.1. The second-order valence-electron chi connectivity index (χ2n) is 3.45. The molecular weight excluding hydrogens is 244 g/mol. The van der Waals surface area contributed by atoms with Crippen molar-refractivity contribution in [3.05, 3.63) is 43.8 Å². The zero-order valence-electron chi connectivity index (χ0n) is 9.67. The van der Waals surface area contributed by atoms with E-state index in [0.29, 0.717) is 11.3 Å². The molecule has 0 aliphatic carbocycles. The van der Waals surface area contributed by atoms with Crippen LogP contribution in [0.2, 0.25) is 0 Å². The van der Waals surface area contributed by atoms with Crippen LogP contribution in [0.4, 0.5) is 0 Å². The van der Waals surface area contributed by atoms with Crippen LogP contribution >= 0.6 is 0 Å². The van der Waals surface area contributed by atoms with Crippen molar-refractivity contribution in [1.29, 1.82) is 0 Å². The second kappa shape index (κ2) is 5.08. The fraction of sp³-hybridized carbons (Fsp3) is 0. The predicted octanol–water partition coefficient (Wildman–Crippen LogP) is 0.773. The lowest BCUT2D eigenvalue weighted by Gasteiger charge is -1.89. The molecule has 0 aromatic carbocycles. The Balaban J connectivity index is 0.000000117. The standard InChI is InChI=1S/C6H4N4.C5H4N4/c1-2-9-6-5(8-1)3-7-4-10-6;1-4-5(8-2-6-1)9-3-7-4/h1-4H;1-3H,(H,6,7,8,9). The molecule has 0 atom stereocenters. The van der Waals surface area contributed by atoms with Gasteiger partial charge < -0.3 is 4.98 Å². The van der Waals surface area contributed by atoms with Crippen LogP contribution in [-0.2, 0) is 0 Å². The summed E-state index contributed by atoms with van der Waals surface area (Å²) < 4.78 is 0. The largest absolute Gasteiger partial charge is 0.342 e. The molecule has 0 fully saturated rings. The van der Waals surface area contributed by atoms with Crippen LogP contribution in [0.15, 0.2) is 43.8 Å². The number of fused-ring (bicyclic) bond motifs is 2. The van der Waals surface area contributed by atoms with E-state index in [-0.39, 0.29) is 0 Å². The van der Waals surface area contributed by atoms with E-state index in [4.69, 9.17) is 0 Å². The fourth-order valence-corrected chi connectivity index (χ4v) is 1.41. The van der Waals surface area contributed by atoms with E-state index in [1.807, 2.05) is 0 Å². The summed E-state index contributed by atoms with van der Waals surface area (Å²) in [5.74, 6) is 0. The Bertz CT molecular complexity index is 701. The van der Waals surface area contributed by atoms with Crippen molar-refractivity contribution in [2.75, 3.05) is 0 Å². The molecule has 92 valence electrons.